The molecule has 1 unspecified atom stereocenters. The highest BCUT2D eigenvalue weighted by atomic mass is 16.2. The lowest BCUT2D eigenvalue weighted by molar-refractivity contribution is 0.0966. The molecule has 1 amide bonds. The zero-order chi connectivity index (χ0) is 18.8. The summed E-state index contributed by atoms with van der Waals surface area (Å²) in [6.07, 6.45) is 9.90. The predicted octanol–water partition coefficient (Wildman–Crippen LogP) is 1.61. The van der Waals surface area contributed by atoms with E-state index >= 15 is 0 Å². The maximum Gasteiger partial charge on any atom is 0.257 e. The molecule has 1 atom stereocenters. The molecule has 9 heteroatoms. The van der Waals surface area contributed by atoms with Gasteiger partial charge in [-0.05, 0) is 26.0 Å². The fraction of sp³-hybridized carbons (Fsp3) is 0.444. The normalized spacial score (nSPS) is 19.3. The molecule has 4 rings (SSSR count). The first-order valence-corrected chi connectivity index (χ1v) is 9.20. The number of fused-ring (bicyclic) bond motifs is 1. The van der Waals surface area contributed by atoms with E-state index in [9.17, 15) is 4.79 Å². The number of likely N-dealkylation sites (tertiary alicyclic amines) is 1. The topological polar surface area (TPSA) is 100 Å². The molecule has 0 aromatic carbocycles. The van der Waals surface area contributed by atoms with Gasteiger partial charge in [-0.1, -0.05) is 6.08 Å². The summed E-state index contributed by atoms with van der Waals surface area (Å²) in [7, 11) is 1.84. The van der Waals surface area contributed by atoms with Crippen LogP contribution in [0.3, 0.4) is 0 Å². The van der Waals surface area contributed by atoms with Gasteiger partial charge in [0.2, 0.25) is 5.95 Å². The third-order valence-corrected chi connectivity index (χ3v) is 4.74. The molecule has 0 aliphatic carbocycles. The molecule has 4 heterocycles. The Labute approximate surface area is 157 Å². The third-order valence-electron chi connectivity index (χ3n) is 4.74. The van der Waals surface area contributed by atoms with Crippen LogP contribution >= 0.6 is 0 Å². The highest BCUT2D eigenvalue weighted by Gasteiger charge is 2.28. The Morgan fingerprint density at radius 1 is 1.37 bits per heavy atom. The van der Waals surface area contributed by atoms with E-state index in [4.69, 9.17) is 0 Å². The van der Waals surface area contributed by atoms with E-state index in [1.54, 1.807) is 10.9 Å². The first kappa shape index (κ1) is 17.3. The van der Waals surface area contributed by atoms with Crippen LogP contribution in [-0.2, 0) is 13.6 Å². The van der Waals surface area contributed by atoms with Crippen LogP contribution < -0.4 is 16.0 Å². The molecule has 0 spiro atoms. The maximum absolute atomic E-state index is 12.2. The summed E-state index contributed by atoms with van der Waals surface area (Å²) in [6.45, 7) is 4.43. The molecule has 2 aromatic rings. The number of nitrogens with zero attached hydrogens (tertiary/aromatic N) is 5. The second-order valence-corrected chi connectivity index (χ2v) is 6.89. The second-order valence-electron chi connectivity index (χ2n) is 6.89. The SMILES string of the molecule is CC=CN1CCCC(Nc2nc3c(c(Nc4cnn(C)c4)n2)C(=O)NC3)C1. The van der Waals surface area contributed by atoms with E-state index < -0.39 is 0 Å². The summed E-state index contributed by atoms with van der Waals surface area (Å²) < 4.78 is 1.70. The van der Waals surface area contributed by atoms with Gasteiger partial charge in [0.1, 0.15) is 11.4 Å². The van der Waals surface area contributed by atoms with E-state index in [1.807, 2.05) is 20.2 Å². The monoisotopic (exact) mass is 368 g/mol. The lowest BCUT2D eigenvalue weighted by atomic mass is 10.1. The van der Waals surface area contributed by atoms with Gasteiger partial charge in [0.15, 0.2) is 0 Å². The van der Waals surface area contributed by atoms with E-state index in [-0.39, 0.29) is 11.9 Å². The number of carbonyl (C=O) groups excluding carboxylic acids is 1. The Morgan fingerprint density at radius 2 is 2.26 bits per heavy atom. The highest BCUT2D eigenvalue weighted by molar-refractivity contribution is 6.02. The van der Waals surface area contributed by atoms with Crippen molar-refractivity contribution in [1.82, 2.24) is 30.0 Å². The van der Waals surface area contributed by atoms with E-state index in [2.05, 4.69) is 48.2 Å². The molecule has 0 radical (unpaired) electrons. The van der Waals surface area contributed by atoms with Crippen LogP contribution in [0.5, 0.6) is 0 Å². The Bertz CT molecular complexity index is 874. The van der Waals surface area contributed by atoms with Gasteiger partial charge in [-0.2, -0.15) is 10.1 Å². The van der Waals surface area contributed by atoms with Crippen molar-refractivity contribution in [3.63, 3.8) is 0 Å². The predicted molar refractivity (Wildman–Crippen MR) is 103 cm³/mol. The zero-order valence-electron chi connectivity index (χ0n) is 15.6. The van der Waals surface area contributed by atoms with Crippen molar-refractivity contribution in [2.75, 3.05) is 23.7 Å². The number of carbonyl (C=O) groups is 1. The van der Waals surface area contributed by atoms with Crippen molar-refractivity contribution < 1.29 is 4.79 Å². The number of hydrogen-bond donors (Lipinski definition) is 3. The van der Waals surface area contributed by atoms with Crippen molar-refractivity contribution in [3.05, 3.63) is 35.9 Å². The molecule has 0 bridgehead atoms. The number of aryl methyl sites for hydroxylation is 1. The molecule has 27 heavy (non-hydrogen) atoms. The van der Waals surface area contributed by atoms with Crippen molar-refractivity contribution in [2.45, 2.75) is 32.4 Å². The number of anilines is 3. The van der Waals surface area contributed by atoms with Gasteiger partial charge in [-0.15, -0.1) is 0 Å². The van der Waals surface area contributed by atoms with E-state index in [0.717, 1.165) is 31.6 Å². The van der Waals surface area contributed by atoms with Crippen molar-refractivity contribution in [2.24, 2.45) is 7.05 Å². The van der Waals surface area contributed by atoms with Crippen LogP contribution in [-0.4, -0.2) is 49.7 Å². The van der Waals surface area contributed by atoms with Crippen LogP contribution in [0.2, 0.25) is 0 Å². The number of piperidine rings is 1. The summed E-state index contributed by atoms with van der Waals surface area (Å²) in [5.41, 5.74) is 1.99. The minimum Gasteiger partial charge on any atom is -0.376 e. The molecule has 1 saturated heterocycles. The molecular weight excluding hydrogens is 344 g/mol. The number of nitrogens with one attached hydrogen (secondary N) is 3. The van der Waals surface area contributed by atoms with Crippen LogP contribution in [0.1, 0.15) is 35.8 Å². The van der Waals surface area contributed by atoms with Crippen molar-refractivity contribution in [3.8, 4) is 0 Å². The molecule has 2 aliphatic heterocycles. The van der Waals surface area contributed by atoms with Crippen LogP contribution in [0.25, 0.3) is 0 Å². The maximum atomic E-state index is 12.2. The first-order chi connectivity index (χ1) is 13.1. The molecule has 2 aliphatic rings. The molecule has 3 N–H and O–H groups in total. The highest BCUT2D eigenvalue weighted by Crippen LogP contribution is 2.26. The minimum atomic E-state index is -0.153. The summed E-state index contributed by atoms with van der Waals surface area (Å²) in [5, 5.41) is 13.6. The largest absolute Gasteiger partial charge is 0.376 e. The number of rotatable bonds is 5. The number of aromatic nitrogens is 4. The molecule has 0 saturated carbocycles. The number of amides is 1. The fourth-order valence-corrected chi connectivity index (χ4v) is 3.56. The van der Waals surface area contributed by atoms with E-state index in [0.29, 0.717) is 29.6 Å². The number of allylic oxidation sites excluding steroid dienone is 1. The van der Waals surface area contributed by atoms with Gasteiger partial charge in [-0.3, -0.25) is 9.48 Å². The summed E-state index contributed by atoms with van der Waals surface area (Å²) in [5.74, 6) is 0.899. The Hall–Kier alpha value is -3.10. The Morgan fingerprint density at radius 3 is 3.04 bits per heavy atom. The molecule has 2 aromatic heterocycles. The number of hydrogen-bond acceptors (Lipinski definition) is 7. The standard InChI is InChI=1S/C18H24N8O/c1-3-6-26-7-4-5-12(11-26)22-18-23-14-9-19-17(27)15(14)16(24-18)21-13-8-20-25(2)10-13/h3,6,8,10,12H,4-5,7,9,11H2,1-2H3,(H,19,27)(H2,21,22,23,24). The second kappa shape index (κ2) is 7.26. The summed E-state index contributed by atoms with van der Waals surface area (Å²) >= 11 is 0. The van der Waals surface area contributed by atoms with Gasteiger partial charge in [-0.25, -0.2) is 4.98 Å². The average Bonchev–Trinajstić information content (AvgIpc) is 3.21. The third kappa shape index (κ3) is 3.71. The van der Waals surface area contributed by atoms with Gasteiger partial charge < -0.3 is 20.9 Å². The molecular formula is C18H24N8O. The van der Waals surface area contributed by atoms with Crippen LogP contribution in [0.4, 0.5) is 17.5 Å². The molecule has 1 fully saturated rings. The summed E-state index contributed by atoms with van der Waals surface area (Å²) in [4.78, 5) is 23.7. The van der Waals surface area contributed by atoms with Crippen LogP contribution in [0, 0.1) is 0 Å². The minimum absolute atomic E-state index is 0.153. The fourth-order valence-electron chi connectivity index (χ4n) is 3.56. The van der Waals surface area contributed by atoms with Gasteiger partial charge >= 0.3 is 0 Å². The van der Waals surface area contributed by atoms with Crippen molar-refractivity contribution in [1.29, 1.82) is 0 Å². The van der Waals surface area contributed by atoms with Gasteiger partial charge in [0.25, 0.3) is 5.91 Å². The molecule has 142 valence electrons. The quantitative estimate of drug-likeness (QED) is 0.737. The lowest BCUT2D eigenvalue weighted by Crippen LogP contribution is -2.39. The van der Waals surface area contributed by atoms with E-state index in [1.165, 1.54) is 0 Å². The lowest BCUT2D eigenvalue weighted by Gasteiger charge is -2.32. The van der Waals surface area contributed by atoms with Crippen LogP contribution in [0.15, 0.2) is 24.7 Å². The van der Waals surface area contributed by atoms with Crippen molar-refractivity contribution >= 4 is 23.4 Å². The smallest absolute Gasteiger partial charge is 0.257 e. The average molecular weight is 368 g/mol. The summed E-state index contributed by atoms with van der Waals surface area (Å²) in [6, 6.07) is 0.268. The Kier molecular flexibility index (Phi) is 4.66. The van der Waals surface area contributed by atoms with Gasteiger partial charge in [0.05, 0.1) is 24.1 Å². The van der Waals surface area contributed by atoms with Gasteiger partial charge in [0, 0.05) is 32.4 Å². The first-order valence-electron chi connectivity index (χ1n) is 9.20. The molecule has 9 nitrogen and oxygen atoms in total. The zero-order valence-corrected chi connectivity index (χ0v) is 15.6. The Balaban J connectivity index is 1.58.